The van der Waals surface area contributed by atoms with E-state index >= 15 is 0 Å². The largest absolute Gasteiger partial charge is 0.484 e. The fourth-order valence-corrected chi connectivity index (χ4v) is 2.17. The number of ether oxygens (including phenoxy) is 1. The van der Waals surface area contributed by atoms with Crippen molar-refractivity contribution in [3.05, 3.63) is 10.7 Å². The Balaban J connectivity index is 2.24. The van der Waals surface area contributed by atoms with Gasteiger partial charge in [0.2, 0.25) is 0 Å². The van der Waals surface area contributed by atoms with Crippen molar-refractivity contribution in [1.29, 1.82) is 0 Å². The molecule has 0 radical (unpaired) electrons. The van der Waals surface area contributed by atoms with Crippen LogP contribution in [0.25, 0.3) is 0 Å². The summed E-state index contributed by atoms with van der Waals surface area (Å²) in [5, 5.41) is 0. The van der Waals surface area contributed by atoms with Crippen LogP contribution in [0.15, 0.2) is 10.7 Å². The summed E-state index contributed by atoms with van der Waals surface area (Å²) < 4.78 is 6.76. The predicted octanol–water partition coefficient (Wildman–Crippen LogP) is 4.62. The van der Waals surface area contributed by atoms with E-state index in [1.807, 2.05) is 0 Å². The van der Waals surface area contributed by atoms with E-state index in [1.165, 1.54) is 32.1 Å². The first kappa shape index (κ1) is 12.1. The summed E-state index contributed by atoms with van der Waals surface area (Å²) in [6, 6.07) is 0. The van der Waals surface area contributed by atoms with Gasteiger partial charge in [0, 0.05) is 0 Å². The van der Waals surface area contributed by atoms with Gasteiger partial charge in [0.05, 0.1) is 6.10 Å². The lowest BCUT2D eigenvalue weighted by molar-refractivity contribution is 0.0998. The molecule has 0 aromatic heterocycles. The van der Waals surface area contributed by atoms with Crippen molar-refractivity contribution in [2.45, 2.75) is 58.5 Å². The first-order chi connectivity index (χ1) is 6.68. The quantitative estimate of drug-likeness (QED) is 0.671. The van der Waals surface area contributed by atoms with Gasteiger partial charge in [-0.15, -0.1) is 0 Å². The highest BCUT2D eigenvalue weighted by Crippen LogP contribution is 2.24. The lowest BCUT2D eigenvalue weighted by Gasteiger charge is -2.22. The van der Waals surface area contributed by atoms with E-state index < -0.39 is 0 Å². The maximum Gasteiger partial charge on any atom is 0.158 e. The minimum Gasteiger partial charge on any atom is -0.484 e. The van der Waals surface area contributed by atoms with Crippen molar-refractivity contribution in [3.63, 3.8) is 0 Å². The van der Waals surface area contributed by atoms with Crippen LogP contribution in [-0.2, 0) is 4.74 Å². The molecule has 0 atom stereocenters. The van der Waals surface area contributed by atoms with Gasteiger partial charge >= 0.3 is 0 Å². The molecule has 0 unspecified atom stereocenters. The standard InChI is InChI=1S/C12H21BrO/c1-10(2)8-9-12(13)14-11-6-4-3-5-7-11/h9-11H,3-8H2,1-2H3. The molecular formula is C12H21BrO. The van der Waals surface area contributed by atoms with E-state index in [-0.39, 0.29) is 0 Å². The van der Waals surface area contributed by atoms with Crippen molar-refractivity contribution < 1.29 is 4.74 Å². The number of hydrogen-bond donors (Lipinski definition) is 0. The third-order valence-electron chi connectivity index (χ3n) is 2.58. The van der Waals surface area contributed by atoms with Crippen LogP contribution in [0.2, 0.25) is 0 Å². The van der Waals surface area contributed by atoms with Gasteiger partial charge in [-0.05, 0) is 60.0 Å². The molecule has 0 N–H and O–H groups in total. The molecule has 1 aliphatic carbocycles. The zero-order valence-electron chi connectivity index (χ0n) is 9.26. The summed E-state index contributed by atoms with van der Waals surface area (Å²) in [6.07, 6.45) is 10.2. The van der Waals surface area contributed by atoms with Gasteiger partial charge in [0.25, 0.3) is 0 Å². The monoisotopic (exact) mass is 260 g/mol. The van der Waals surface area contributed by atoms with Crippen LogP contribution in [0.3, 0.4) is 0 Å². The second kappa shape index (κ2) is 6.49. The zero-order valence-corrected chi connectivity index (χ0v) is 10.8. The Bertz CT molecular complexity index is 181. The van der Waals surface area contributed by atoms with Crippen LogP contribution in [0.4, 0.5) is 0 Å². The lowest BCUT2D eigenvalue weighted by Crippen LogP contribution is -2.14. The molecule has 0 aromatic carbocycles. The summed E-state index contributed by atoms with van der Waals surface area (Å²) in [7, 11) is 0. The molecule has 0 saturated heterocycles. The predicted molar refractivity (Wildman–Crippen MR) is 64.4 cm³/mol. The van der Waals surface area contributed by atoms with Crippen LogP contribution in [0.5, 0.6) is 0 Å². The smallest absolute Gasteiger partial charge is 0.158 e. The van der Waals surface area contributed by atoms with E-state index in [4.69, 9.17) is 4.74 Å². The van der Waals surface area contributed by atoms with Crippen molar-refractivity contribution in [2.75, 3.05) is 0 Å². The van der Waals surface area contributed by atoms with E-state index in [0.29, 0.717) is 12.0 Å². The van der Waals surface area contributed by atoms with Gasteiger partial charge < -0.3 is 4.74 Å². The van der Waals surface area contributed by atoms with Crippen LogP contribution < -0.4 is 0 Å². The normalized spacial score (nSPS) is 20.1. The summed E-state index contributed by atoms with van der Waals surface area (Å²) in [4.78, 5) is 0. The molecular weight excluding hydrogens is 240 g/mol. The van der Waals surface area contributed by atoms with Crippen molar-refractivity contribution in [2.24, 2.45) is 5.92 Å². The fraction of sp³-hybridized carbons (Fsp3) is 0.833. The van der Waals surface area contributed by atoms with Crippen molar-refractivity contribution >= 4 is 15.9 Å². The Morgan fingerprint density at radius 2 is 2.00 bits per heavy atom. The number of hydrogen-bond acceptors (Lipinski definition) is 1. The Morgan fingerprint density at radius 3 is 2.57 bits per heavy atom. The van der Waals surface area contributed by atoms with Crippen molar-refractivity contribution in [1.82, 2.24) is 0 Å². The summed E-state index contributed by atoms with van der Waals surface area (Å²) in [5.74, 6) is 0.706. The summed E-state index contributed by atoms with van der Waals surface area (Å²) in [6.45, 7) is 4.44. The van der Waals surface area contributed by atoms with Gasteiger partial charge in [-0.3, -0.25) is 0 Å². The molecule has 2 heteroatoms. The molecule has 0 aliphatic heterocycles. The maximum atomic E-state index is 5.82. The van der Waals surface area contributed by atoms with Crippen molar-refractivity contribution in [3.8, 4) is 0 Å². The second-order valence-electron chi connectivity index (χ2n) is 4.52. The number of rotatable bonds is 4. The highest BCUT2D eigenvalue weighted by molar-refractivity contribution is 9.11. The molecule has 82 valence electrons. The average Bonchev–Trinajstić information content (AvgIpc) is 2.16. The van der Waals surface area contributed by atoms with Gasteiger partial charge in [-0.2, -0.15) is 0 Å². The molecule has 1 rings (SSSR count). The second-order valence-corrected chi connectivity index (χ2v) is 5.30. The molecule has 1 nitrogen and oxygen atoms in total. The average molecular weight is 261 g/mol. The first-order valence-corrected chi connectivity index (χ1v) is 6.50. The molecule has 14 heavy (non-hydrogen) atoms. The number of allylic oxidation sites excluding steroid dienone is 1. The first-order valence-electron chi connectivity index (χ1n) is 5.71. The molecule has 1 saturated carbocycles. The fourth-order valence-electron chi connectivity index (χ4n) is 1.72. The van der Waals surface area contributed by atoms with Crippen LogP contribution in [0, 0.1) is 5.92 Å². The molecule has 1 aliphatic rings. The molecule has 0 heterocycles. The van der Waals surface area contributed by atoms with Gasteiger partial charge in [-0.25, -0.2) is 0 Å². The Morgan fingerprint density at radius 1 is 1.36 bits per heavy atom. The molecule has 0 aromatic rings. The topological polar surface area (TPSA) is 9.23 Å². The number of halogens is 1. The SMILES string of the molecule is CC(C)CC=C(Br)OC1CCCCC1. The van der Waals surface area contributed by atoms with Crippen LogP contribution in [-0.4, -0.2) is 6.10 Å². The van der Waals surface area contributed by atoms with Gasteiger partial charge in [0.15, 0.2) is 4.67 Å². The maximum absolute atomic E-state index is 5.82. The lowest BCUT2D eigenvalue weighted by atomic mass is 9.98. The highest BCUT2D eigenvalue weighted by Gasteiger charge is 2.14. The molecule has 0 spiro atoms. The molecule has 1 fully saturated rings. The minimum absolute atomic E-state index is 0.460. The van der Waals surface area contributed by atoms with E-state index in [9.17, 15) is 0 Å². The van der Waals surface area contributed by atoms with Crippen LogP contribution >= 0.6 is 15.9 Å². The Labute approximate surface area is 96.0 Å². The van der Waals surface area contributed by atoms with E-state index in [2.05, 4.69) is 35.9 Å². The van der Waals surface area contributed by atoms with Gasteiger partial charge in [0.1, 0.15) is 0 Å². The summed E-state index contributed by atoms with van der Waals surface area (Å²) in [5.41, 5.74) is 0. The third-order valence-corrected chi connectivity index (χ3v) is 3.09. The Hall–Kier alpha value is 0.0200. The highest BCUT2D eigenvalue weighted by atomic mass is 79.9. The molecule has 0 bridgehead atoms. The minimum atomic E-state index is 0.460. The Kier molecular flexibility index (Phi) is 5.61. The van der Waals surface area contributed by atoms with E-state index in [0.717, 1.165) is 11.1 Å². The molecule has 0 amide bonds. The van der Waals surface area contributed by atoms with E-state index in [1.54, 1.807) is 0 Å². The zero-order chi connectivity index (χ0) is 10.4. The van der Waals surface area contributed by atoms with Crippen LogP contribution in [0.1, 0.15) is 52.4 Å². The third kappa shape index (κ3) is 5.04. The summed E-state index contributed by atoms with van der Waals surface area (Å²) >= 11 is 3.48. The van der Waals surface area contributed by atoms with Gasteiger partial charge in [-0.1, -0.05) is 20.3 Å².